The molecule has 0 aromatic rings. The topological polar surface area (TPSA) is 32.8 Å². The van der Waals surface area contributed by atoms with Crippen molar-refractivity contribution in [2.45, 2.75) is 175 Å². The fourth-order valence-corrected chi connectivity index (χ4v) is 6.49. The fraction of sp³-hybridized carbons (Fsp3) is 0.971. The molecule has 1 aliphatic rings. The second kappa shape index (κ2) is 25.0. The molecule has 1 aliphatic heterocycles. The molecule has 0 N–H and O–H groups in total. The first-order valence-electron chi connectivity index (χ1n) is 17.7. The molecule has 1 rings (SSSR count). The molecule has 0 unspecified atom stereocenters. The van der Waals surface area contributed by atoms with Crippen LogP contribution >= 0.6 is 0 Å². The molecule has 4 heteroatoms. The second-order valence-electron chi connectivity index (χ2n) is 12.9. The van der Waals surface area contributed by atoms with Gasteiger partial charge < -0.3 is 14.5 Å². The van der Waals surface area contributed by atoms with Crippen LogP contribution in [0.4, 0.5) is 4.79 Å². The van der Waals surface area contributed by atoms with E-state index in [0.717, 1.165) is 44.4 Å². The van der Waals surface area contributed by atoms with Gasteiger partial charge in [0.15, 0.2) is 0 Å². The van der Waals surface area contributed by atoms with E-state index in [1.54, 1.807) is 0 Å². The van der Waals surface area contributed by atoms with Gasteiger partial charge in [0.2, 0.25) is 0 Å². The van der Waals surface area contributed by atoms with Crippen molar-refractivity contribution >= 4 is 6.09 Å². The summed E-state index contributed by atoms with van der Waals surface area (Å²) in [4.78, 5) is 17.1. The van der Waals surface area contributed by atoms with Crippen LogP contribution in [0.1, 0.15) is 169 Å². The first kappa shape index (κ1) is 36.3. The highest BCUT2D eigenvalue weighted by Gasteiger charge is 2.31. The van der Waals surface area contributed by atoms with Crippen molar-refractivity contribution in [3.63, 3.8) is 0 Å². The van der Waals surface area contributed by atoms with Crippen molar-refractivity contribution in [1.29, 1.82) is 0 Å². The van der Waals surface area contributed by atoms with Crippen molar-refractivity contribution in [3.05, 3.63) is 0 Å². The van der Waals surface area contributed by atoms with Gasteiger partial charge in [0, 0.05) is 19.6 Å². The zero-order valence-corrected chi connectivity index (χ0v) is 27.3. The van der Waals surface area contributed by atoms with E-state index in [9.17, 15) is 4.79 Å². The monoisotopic (exact) mass is 551 g/mol. The second-order valence-corrected chi connectivity index (χ2v) is 12.9. The summed E-state index contributed by atoms with van der Waals surface area (Å²) in [5.74, 6) is 1.62. The zero-order chi connectivity index (χ0) is 28.6. The van der Waals surface area contributed by atoms with Gasteiger partial charge in [-0.05, 0) is 44.6 Å². The molecule has 0 spiro atoms. The van der Waals surface area contributed by atoms with Crippen LogP contribution in [0, 0.1) is 11.8 Å². The van der Waals surface area contributed by atoms with Crippen molar-refractivity contribution in [2.24, 2.45) is 11.8 Å². The predicted octanol–water partition coefficient (Wildman–Crippen LogP) is 10.6. The number of rotatable bonds is 28. The number of hydrogen-bond donors (Lipinski definition) is 0. The number of ether oxygens (including phenoxy) is 1. The number of nitrogens with zero attached hydrogens (tertiary/aromatic N) is 2. The van der Waals surface area contributed by atoms with Gasteiger partial charge >= 0.3 is 6.09 Å². The molecule has 1 atom stereocenters. The lowest BCUT2D eigenvalue weighted by Crippen LogP contribution is -2.35. The Balaban J connectivity index is 2.42. The van der Waals surface area contributed by atoms with E-state index in [1.165, 1.54) is 135 Å². The van der Waals surface area contributed by atoms with E-state index in [-0.39, 0.29) is 12.2 Å². The molecule has 39 heavy (non-hydrogen) atoms. The van der Waals surface area contributed by atoms with Crippen molar-refractivity contribution in [2.75, 3.05) is 33.2 Å². The number of likely N-dealkylation sites (N-methyl/N-ethyl adjacent to an activating group) is 1. The van der Waals surface area contributed by atoms with Gasteiger partial charge in [0.1, 0.15) is 6.10 Å². The smallest absolute Gasteiger partial charge is 0.410 e. The first-order valence-corrected chi connectivity index (χ1v) is 17.7. The van der Waals surface area contributed by atoms with Gasteiger partial charge in [0.25, 0.3) is 0 Å². The Kier molecular flexibility index (Phi) is 23.2. The van der Waals surface area contributed by atoms with Crippen molar-refractivity contribution in [1.82, 2.24) is 9.80 Å². The van der Waals surface area contributed by atoms with Crippen molar-refractivity contribution < 1.29 is 9.53 Å². The minimum Gasteiger partial charge on any atom is -0.443 e. The predicted molar refractivity (Wildman–Crippen MR) is 171 cm³/mol. The summed E-state index contributed by atoms with van der Waals surface area (Å²) in [5, 5.41) is 0. The maximum absolute atomic E-state index is 12.6. The highest BCUT2D eigenvalue weighted by atomic mass is 16.6. The number of carbonyl (C=O) groups excluding carboxylic acids is 1. The average molecular weight is 551 g/mol. The molecule has 0 aliphatic carbocycles. The molecule has 1 amide bonds. The summed E-state index contributed by atoms with van der Waals surface area (Å²) >= 11 is 0. The fourth-order valence-electron chi connectivity index (χ4n) is 6.49. The van der Waals surface area contributed by atoms with E-state index < -0.39 is 0 Å². The molecule has 232 valence electrons. The third kappa shape index (κ3) is 19.1. The lowest BCUT2D eigenvalue weighted by atomic mass is 9.90. The Labute approximate surface area is 245 Å². The molecule has 1 heterocycles. The van der Waals surface area contributed by atoms with E-state index in [1.807, 2.05) is 4.90 Å². The summed E-state index contributed by atoms with van der Waals surface area (Å²) in [7, 11) is 2.24. The Hall–Kier alpha value is -0.770. The average Bonchev–Trinajstić information content (AvgIpc) is 3.26. The van der Waals surface area contributed by atoms with Crippen LogP contribution in [-0.2, 0) is 4.74 Å². The van der Waals surface area contributed by atoms with Gasteiger partial charge in [-0.3, -0.25) is 0 Å². The van der Waals surface area contributed by atoms with Crippen LogP contribution in [0.3, 0.4) is 0 Å². The van der Waals surface area contributed by atoms with E-state index in [4.69, 9.17) is 4.74 Å². The number of hydrogen-bond acceptors (Lipinski definition) is 3. The number of cyclic esters (lactones) is 1. The Morgan fingerprint density at radius 3 is 1.56 bits per heavy atom. The quantitative estimate of drug-likeness (QED) is 0.0908. The molecule has 1 saturated heterocycles. The van der Waals surface area contributed by atoms with Crippen LogP contribution in [0.5, 0.6) is 0 Å². The van der Waals surface area contributed by atoms with Crippen LogP contribution in [0.25, 0.3) is 0 Å². The molecule has 0 aromatic heterocycles. The van der Waals surface area contributed by atoms with Crippen LogP contribution < -0.4 is 0 Å². The summed E-state index contributed by atoms with van der Waals surface area (Å²) in [6.07, 6.45) is 29.5. The molecule has 0 aromatic carbocycles. The number of amides is 1. The normalized spacial score (nSPS) is 15.8. The molecule has 0 bridgehead atoms. The highest BCUT2D eigenvalue weighted by molar-refractivity contribution is 5.69. The van der Waals surface area contributed by atoms with Gasteiger partial charge in [-0.2, -0.15) is 0 Å². The Morgan fingerprint density at radius 1 is 0.667 bits per heavy atom. The molecule has 1 fully saturated rings. The van der Waals surface area contributed by atoms with Gasteiger partial charge in [0.05, 0.1) is 6.54 Å². The zero-order valence-electron chi connectivity index (χ0n) is 27.3. The lowest BCUT2D eigenvalue weighted by Gasteiger charge is -2.26. The standard InChI is InChI=1S/C35H70N2O2/c1-6-10-14-18-23-32(24-19-15-11-7-2)27-22-28-37-31-34(39-35(37)38)30-36(5)29-33(25-20-16-12-8-3)26-21-17-13-9-4/h32-34H,6-31H2,1-5H3/t34-/m1/s1. The minimum atomic E-state index is -0.0773. The van der Waals surface area contributed by atoms with Crippen LogP contribution in [0.2, 0.25) is 0 Å². The Bertz CT molecular complexity index is 531. The minimum absolute atomic E-state index is 0.0298. The maximum atomic E-state index is 12.6. The summed E-state index contributed by atoms with van der Waals surface area (Å²) in [6, 6.07) is 0. The summed E-state index contributed by atoms with van der Waals surface area (Å²) in [6.45, 7) is 12.8. The van der Waals surface area contributed by atoms with E-state index in [2.05, 4.69) is 39.6 Å². The molecular formula is C35H70N2O2. The van der Waals surface area contributed by atoms with Gasteiger partial charge in [-0.15, -0.1) is 0 Å². The molecular weight excluding hydrogens is 480 g/mol. The van der Waals surface area contributed by atoms with Gasteiger partial charge in [-0.1, -0.05) is 143 Å². The largest absolute Gasteiger partial charge is 0.443 e. The molecule has 0 saturated carbocycles. The third-order valence-corrected chi connectivity index (χ3v) is 8.94. The first-order chi connectivity index (χ1) is 19.0. The third-order valence-electron chi connectivity index (χ3n) is 8.94. The van der Waals surface area contributed by atoms with Crippen LogP contribution in [-0.4, -0.2) is 55.2 Å². The number of carbonyl (C=O) groups is 1. The summed E-state index contributed by atoms with van der Waals surface area (Å²) in [5.41, 5.74) is 0. The highest BCUT2D eigenvalue weighted by Crippen LogP contribution is 2.24. The SMILES string of the molecule is CCCCCCC(CCCCCC)CCCN1C[C@@H](CN(C)CC(CCCCCC)CCCCCC)OC1=O. The number of unbranched alkanes of at least 4 members (excludes halogenated alkanes) is 12. The molecule has 0 radical (unpaired) electrons. The molecule has 4 nitrogen and oxygen atoms in total. The lowest BCUT2D eigenvalue weighted by molar-refractivity contribution is 0.107. The van der Waals surface area contributed by atoms with E-state index >= 15 is 0 Å². The van der Waals surface area contributed by atoms with E-state index in [0.29, 0.717) is 0 Å². The summed E-state index contributed by atoms with van der Waals surface area (Å²) < 4.78 is 5.84. The van der Waals surface area contributed by atoms with Crippen molar-refractivity contribution in [3.8, 4) is 0 Å². The maximum Gasteiger partial charge on any atom is 0.410 e. The Morgan fingerprint density at radius 2 is 1.10 bits per heavy atom. The van der Waals surface area contributed by atoms with Gasteiger partial charge in [-0.25, -0.2) is 4.79 Å². The van der Waals surface area contributed by atoms with Crippen LogP contribution in [0.15, 0.2) is 0 Å².